The van der Waals surface area contributed by atoms with E-state index >= 15 is 0 Å². The van der Waals surface area contributed by atoms with Crippen LogP contribution in [0.2, 0.25) is 0 Å². The molecule has 1 aromatic carbocycles. The largest absolute Gasteiger partial charge is 0.382 e. The maximum atomic E-state index is 12.4. The van der Waals surface area contributed by atoms with Gasteiger partial charge in [-0.3, -0.25) is 9.69 Å². The number of rotatable bonds is 7. The second kappa shape index (κ2) is 6.94. The zero-order valence-electron chi connectivity index (χ0n) is 13.5. The fourth-order valence-corrected chi connectivity index (χ4v) is 2.44. The molecular weight excluding hydrogens is 262 g/mol. The Morgan fingerprint density at radius 1 is 1.29 bits per heavy atom. The number of likely N-dealkylation sites (N-methyl/N-ethyl adjacent to an activating group) is 1. The van der Waals surface area contributed by atoms with Crippen molar-refractivity contribution in [2.45, 2.75) is 51.7 Å². The van der Waals surface area contributed by atoms with E-state index in [1.807, 2.05) is 24.3 Å². The van der Waals surface area contributed by atoms with Gasteiger partial charge >= 0.3 is 0 Å². The summed E-state index contributed by atoms with van der Waals surface area (Å²) in [6, 6.07) is 9.06. The van der Waals surface area contributed by atoms with Crippen molar-refractivity contribution in [1.82, 2.24) is 10.2 Å². The zero-order chi connectivity index (χ0) is 15.4. The number of carbonyl (C=O) groups is 1. The number of hydrogen-bond donors (Lipinski definition) is 2. The Balaban J connectivity index is 1.93. The molecule has 4 nitrogen and oxygen atoms in total. The van der Waals surface area contributed by atoms with Gasteiger partial charge in [0, 0.05) is 30.4 Å². The highest BCUT2D eigenvalue weighted by molar-refractivity contribution is 5.99. The molecule has 116 valence electrons. The van der Waals surface area contributed by atoms with Crippen molar-refractivity contribution in [1.29, 1.82) is 0 Å². The molecule has 1 unspecified atom stereocenters. The second-order valence-corrected chi connectivity index (χ2v) is 6.30. The average molecular weight is 289 g/mol. The van der Waals surface area contributed by atoms with Gasteiger partial charge in [0.05, 0.1) is 5.56 Å². The molecule has 1 aromatic rings. The number of amides is 1. The number of carbonyl (C=O) groups excluding carboxylic acids is 1. The molecule has 2 rings (SSSR count). The molecule has 0 aromatic heterocycles. The first-order chi connectivity index (χ1) is 9.99. The highest BCUT2D eigenvalue weighted by Crippen LogP contribution is 2.26. The Hall–Kier alpha value is -1.55. The van der Waals surface area contributed by atoms with Gasteiger partial charge in [-0.25, -0.2) is 0 Å². The van der Waals surface area contributed by atoms with E-state index < -0.39 is 0 Å². The Labute approximate surface area is 127 Å². The summed E-state index contributed by atoms with van der Waals surface area (Å²) < 4.78 is 0. The van der Waals surface area contributed by atoms with Crippen molar-refractivity contribution < 1.29 is 4.79 Å². The summed E-state index contributed by atoms with van der Waals surface area (Å²) in [5, 5.41) is 6.38. The third-order valence-corrected chi connectivity index (χ3v) is 3.99. The molecule has 4 heteroatoms. The molecule has 0 bridgehead atoms. The van der Waals surface area contributed by atoms with Gasteiger partial charge in [0.2, 0.25) is 0 Å². The number of nitrogens with one attached hydrogen (secondary N) is 2. The molecule has 1 aliphatic carbocycles. The van der Waals surface area contributed by atoms with E-state index in [-0.39, 0.29) is 5.91 Å². The fraction of sp³-hybridized carbons (Fsp3) is 0.588. The summed E-state index contributed by atoms with van der Waals surface area (Å²) in [7, 11) is 2.14. The maximum Gasteiger partial charge on any atom is 0.253 e. The average Bonchev–Trinajstić information content (AvgIpc) is 3.28. The summed E-state index contributed by atoms with van der Waals surface area (Å²) in [6.45, 7) is 6.99. The van der Waals surface area contributed by atoms with Crippen molar-refractivity contribution in [3.05, 3.63) is 29.8 Å². The van der Waals surface area contributed by atoms with Crippen LogP contribution in [-0.2, 0) is 0 Å². The molecule has 1 saturated carbocycles. The molecule has 2 N–H and O–H groups in total. The van der Waals surface area contributed by atoms with Crippen LogP contribution < -0.4 is 10.6 Å². The van der Waals surface area contributed by atoms with Crippen LogP contribution in [0.15, 0.2) is 24.3 Å². The van der Waals surface area contributed by atoms with Crippen LogP contribution in [0.25, 0.3) is 0 Å². The van der Waals surface area contributed by atoms with E-state index in [0.29, 0.717) is 30.2 Å². The topological polar surface area (TPSA) is 44.4 Å². The highest BCUT2D eigenvalue weighted by atomic mass is 16.1. The van der Waals surface area contributed by atoms with Crippen molar-refractivity contribution in [2.24, 2.45) is 0 Å². The van der Waals surface area contributed by atoms with E-state index in [1.165, 1.54) is 12.8 Å². The Morgan fingerprint density at radius 3 is 2.57 bits per heavy atom. The smallest absolute Gasteiger partial charge is 0.253 e. The van der Waals surface area contributed by atoms with Crippen molar-refractivity contribution in [3.8, 4) is 0 Å². The summed E-state index contributed by atoms with van der Waals surface area (Å²) in [5.41, 5.74) is 1.61. The fourth-order valence-electron chi connectivity index (χ4n) is 2.44. The minimum absolute atomic E-state index is 0.00482. The Morgan fingerprint density at radius 2 is 1.95 bits per heavy atom. The first-order valence-electron chi connectivity index (χ1n) is 7.84. The molecule has 1 aliphatic rings. The molecule has 0 aliphatic heterocycles. The summed E-state index contributed by atoms with van der Waals surface area (Å²) in [5.74, 6) is -0.00482. The summed E-state index contributed by atoms with van der Waals surface area (Å²) in [4.78, 5) is 14.7. The van der Waals surface area contributed by atoms with Crippen molar-refractivity contribution in [3.63, 3.8) is 0 Å². The lowest BCUT2D eigenvalue weighted by Crippen LogP contribution is -2.41. The third-order valence-electron chi connectivity index (χ3n) is 3.99. The van der Waals surface area contributed by atoms with Gasteiger partial charge in [-0.1, -0.05) is 12.1 Å². The van der Waals surface area contributed by atoms with E-state index in [2.05, 4.69) is 43.4 Å². The van der Waals surface area contributed by atoms with Gasteiger partial charge < -0.3 is 10.6 Å². The number of anilines is 1. The highest BCUT2D eigenvalue weighted by Gasteiger charge is 2.29. The van der Waals surface area contributed by atoms with Crippen LogP contribution in [0.1, 0.15) is 44.0 Å². The number of benzene rings is 1. The SMILES string of the molecule is CC(C)Nc1ccccc1C(=O)NCC(C)N(C)C1CC1. The molecule has 0 heterocycles. The lowest BCUT2D eigenvalue weighted by molar-refractivity contribution is 0.0940. The van der Waals surface area contributed by atoms with E-state index in [9.17, 15) is 4.79 Å². The van der Waals surface area contributed by atoms with Gasteiger partial charge in [0.1, 0.15) is 0 Å². The van der Waals surface area contributed by atoms with Crippen LogP contribution >= 0.6 is 0 Å². The predicted molar refractivity (Wildman–Crippen MR) is 87.8 cm³/mol. The molecule has 21 heavy (non-hydrogen) atoms. The van der Waals surface area contributed by atoms with Gasteiger partial charge in [-0.05, 0) is 52.8 Å². The lowest BCUT2D eigenvalue weighted by atomic mass is 10.1. The van der Waals surface area contributed by atoms with Gasteiger partial charge in [0.15, 0.2) is 0 Å². The molecule has 1 fully saturated rings. The van der Waals surface area contributed by atoms with Gasteiger partial charge in [-0.15, -0.1) is 0 Å². The lowest BCUT2D eigenvalue weighted by Gasteiger charge is -2.25. The third kappa shape index (κ3) is 4.46. The van der Waals surface area contributed by atoms with Crippen LogP contribution in [-0.4, -0.2) is 42.5 Å². The van der Waals surface area contributed by atoms with E-state index in [4.69, 9.17) is 0 Å². The second-order valence-electron chi connectivity index (χ2n) is 6.30. The predicted octanol–water partition coefficient (Wildman–Crippen LogP) is 2.72. The summed E-state index contributed by atoms with van der Waals surface area (Å²) in [6.07, 6.45) is 2.58. The van der Waals surface area contributed by atoms with Gasteiger partial charge in [0.25, 0.3) is 5.91 Å². The Kier molecular flexibility index (Phi) is 5.23. The normalized spacial score (nSPS) is 16.1. The maximum absolute atomic E-state index is 12.4. The molecule has 0 saturated heterocycles. The van der Waals surface area contributed by atoms with E-state index in [1.54, 1.807) is 0 Å². The van der Waals surface area contributed by atoms with Gasteiger partial charge in [-0.2, -0.15) is 0 Å². The standard InChI is InChI=1S/C17H27N3O/c1-12(2)19-16-8-6-5-7-15(16)17(21)18-11-13(3)20(4)14-9-10-14/h5-8,12-14,19H,9-11H2,1-4H3,(H,18,21). The van der Waals surface area contributed by atoms with Crippen LogP contribution in [0.3, 0.4) is 0 Å². The molecule has 1 atom stereocenters. The number of hydrogen-bond acceptors (Lipinski definition) is 3. The summed E-state index contributed by atoms with van der Waals surface area (Å²) >= 11 is 0. The van der Waals surface area contributed by atoms with Crippen molar-refractivity contribution in [2.75, 3.05) is 18.9 Å². The molecule has 0 spiro atoms. The first-order valence-corrected chi connectivity index (χ1v) is 7.84. The monoisotopic (exact) mass is 289 g/mol. The zero-order valence-corrected chi connectivity index (χ0v) is 13.5. The molecule has 1 amide bonds. The minimum Gasteiger partial charge on any atom is -0.382 e. The Bertz CT molecular complexity index is 483. The molecular formula is C17H27N3O. The van der Waals surface area contributed by atoms with E-state index in [0.717, 1.165) is 5.69 Å². The van der Waals surface area contributed by atoms with Crippen LogP contribution in [0.4, 0.5) is 5.69 Å². The quantitative estimate of drug-likeness (QED) is 0.811. The number of nitrogens with zero attached hydrogens (tertiary/aromatic N) is 1. The van der Waals surface area contributed by atoms with Crippen LogP contribution in [0, 0.1) is 0 Å². The molecule has 0 radical (unpaired) electrons. The van der Waals surface area contributed by atoms with Crippen LogP contribution in [0.5, 0.6) is 0 Å². The first kappa shape index (κ1) is 15.8. The van der Waals surface area contributed by atoms with Crippen molar-refractivity contribution >= 4 is 11.6 Å². The minimum atomic E-state index is -0.00482. The number of para-hydroxylation sites is 1.